The lowest BCUT2D eigenvalue weighted by Crippen LogP contribution is -2.42. The number of hydrogen-bond donors (Lipinski definition) is 1. The second-order valence-electron chi connectivity index (χ2n) is 7.22. The van der Waals surface area contributed by atoms with E-state index in [9.17, 15) is 4.79 Å². The van der Waals surface area contributed by atoms with Crippen molar-refractivity contribution in [3.8, 4) is 17.0 Å². The molecule has 2 aliphatic rings. The van der Waals surface area contributed by atoms with Gasteiger partial charge in [-0.15, -0.1) is 0 Å². The van der Waals surface area contributed by atoms with E-state index in [-0.39, 0.29) is 5.91 Å². The highest BCUT2D eigenvalue weighted by atomic mass is 16.5. The number of aromatic nitrogens is 2. The van der Waals surface area contributed by atoms with Gasteiger partial charge in [0.2, 0.25) is 0 Å². The summed E-state index contributed by atoms with van der Waals surface area (Å²) < 4.78 is 7.62. The Bertz CT molecular complexity index is 814. The summed E-state index contributed by atoms with van der Waals surface area (Å²) in [6.07, 6.45) is 3.81. The predicted molar refractivity (Wildman–Crippen MR) is 100 cm³/mol. The molecule has 1 amide bonds. The van der Waals surface area contributed by atoms with Crippen LogP contribution in [0.15, 0.2) is 24.3 Å². The maximum atomic E-state index is 12.7. The van der Waals surface area contributed by atoms with E-state index in [1.54, 1.807) is 4.68 Å². The molecule has 0 unspecified atom stereocenters. The predicted octanol–water partition coefficient (Wildman–Crippen LogP) is 2.58. The van der Waals surface area contributed by atoms with E-state index in [1.807, 2.05) is 31.3 Å². The minimum absolute atomic E-state index is 0.116. The lowest BCUT2D eigenvalue weighted by atomic mass is 10.0. The Balaban J connectivity index is 1.46. The number of amides is 1. The smallest absolute Gasteiger partial charge is 0.272 e. The molecular weight excluding hydrogens is 328 g/mol. The zero-order valence-corrected chi connectivity index (χ0v) is 15.5. The summed E-state index contributed by atoms with van der Waals surface area (Å²) in [5, 5.41) is 7.52. The standard InChI is InChI=1S/C20H26N4O2/c1-14-7-5-6-11-24(14)12-10-21-20(25)18-16-13-26-17-9-4-3-8-15(17)19(16)23(2)22-18/h3-4,8-9,14H,5-7,10-13H2,1-2H3,(H,21,25)/t14-/m1/s1. The fourth-order valence-corrected chi connectivity index (χ4v) is 4.05. The number of aryl methyl sites for hydroxylation is 1. The van der Waals surface area contributed by atoms with Crippen LogP contribution in [0.3, 0.4) is 0 Å². The Hall–Kier alpha value is -2.34. The van der Waals surface area contributed by atoms with Gasteiger partial charge in [0.25, 0.3) is 5.91 Å². The number of nitrogens with one attached hydrogen (secondary N) is 1. The van der Waals surface area contributed by atoms with Crippen molar-refractivity contribution in [1.82, 2.24) is 20.0 Å². The van der Waals surface area contributed by atoms with Gasteiger partial charge in [-0.3, -0.25) is 14.4 Å². The Morgan fingerprint density at radius 2 is 2.19 bits per heavy atom. The third-order valence-electron chi connectivity index (χ3n) is 5.50. The monoisotopic (exact) mass is 354 g/mol. The van der Waals surface area contributed by atoms with E-state index in [4.69, 9.17) is 4.74 Å². The fraction of sp³-hybridized carbons (Fsp3) is 0.500. The number of para-hydroxylation sites is 1. The number of carbonyl (C=O) groups is 1. The topological polar surface area (TPSA) is 59.4 Å². The Morgan fingerprint density at radius 1 is 1.35 bits per heavy atom. The van der Waals surface area contributed by atoms with Crippen molar-refractivity contribution >= 4 is 5.91 Å². The highest BCUT2D eigenvalue weighted by Gasteiger charge is 2.28. The Kier molecular flexibility index (Phi) is 4.68. The van der Waals surface area contributed by atoms with Crippen LogP contribution in [0.4, 0.5) is 0 Å². The number of hydrogen-bond acceptors (Lipinski definition) is 4. The molecule has 3 heterocycles. The number of carbonyl (C=O) groups excluding carboxylic acids is 1. The van der Waals surface area contributed by atoms with Crippen LogP contribution in [0.2, 0.25) is 0 Å². The van der Waals surface area contributed by atoms with Crippen LogP contribution < -0.4 is 10.1 Å². The van der Waals surface area contributed by atoms with Crippen LogP contribution in [-0.2, 0) is 13.7 Å². The van der Waals surface area contributed by atoms with Gasteiger partial charge in [0.05, 0.1) is 5.69 Å². The van der Waals surface area contributed by atoms with Crippen LogP contribution >= 0.6 is 0 Å². The minimum Gasteiger partial charge on any atom is -0.488 e. The number of piperidine rings is 1. The third kappa shape index (κ3) is 3.09. The molecule has 0 spiro atoms. The lowest BCUT2D eigenvalue weighted by molar-refractivity contribution is 0.0930. The first kappa shape index (κ1) is 17.1. The molecular formula is C20H26N4O2. The molecule has 138 valence electrons. The van der Waals surface area contributed by atoms with Crippen molar-refractivity contribution in [1.29, 1.82) is 0 Å². The summed E-state index contributed by atoms with van der Waals surface area (Å²) in [4.78, 5) is 15.2. The van der Waals surface area contributed by atoms with Crippen LogP contribution in [0.5, 0.6) is 5.75 Å². The molecule has 6 heteroatoms. The molecule has 0 bridgehead atoms. The van der Waals surface area contributed by atoms with E-state index in [0.29, 0.717) is 24.9 Å². The third-order valence-corrected chi connectivity index (χ3v) is 5.50. The number of rotatable bonds is 4. The highest BCUT2D eigenvalue weighted by molar-refractivity contribution is 5.96. The Labute approximate surface area is 154 Å². The molecule has 1 saturated heterocycles. The van der Waals surface area contributed by atoms with E-state index < -0.39 is 0 Å². The van der Waals surface area contributed by atoms with Crippen molar-refractivity contribution in [2.75, 3.05) is 19.6 Å². The van der Waals surface area contributed by atoms with E-state index in [0.717, 1.165) is 35.7 Å². The average molecular weight is 354 g/mol. The van der Waals surface area contributed by atoms with Gasteiger partial charge in [-0.2, -0.15) is 5.10 Å². The van der Waals surface area contributed by atoms with Crippen LogP contribution in [0, 0.1) is 0 Å². The van der Waals surface area contributed by atoms with Gasteiger partial charge in [-0.05, 0) is 38.4 Å². The fourth-order valence-electron chi connectivity index (χ4n) is 4.05. The maximum Gasteiger partial charge on any atom is 0.272 e. The summed E-state index contributed by atoms with van der Waals surface area (Å²) >= 11 is 0. The molecule has 0 radical (unpaired) electrons. The highest BCUT2D eigenvalue weighted by Crippen LogP contribution is 2.38. The second kappa shape index (κ2) is 7.11. The number of likely N-dealkylation sites (tertiary alicyclic amines) is 1. The van der Waals surface area contributed by atoms with Crippen molar-refractivity contribution in [2.24, 2.45) is 7.05 Å². The summed E-state index contributed by atoms with van der Waals surface area (Å²) in [5.41, 5.74) is 3.31. The molecule has 0 saturated carbocycles. The largest absolute Gasteiger partial charge is 0.488 e. The average Bonchev–Trinajstić information content (AvgIpc) is 3.00. The van der Waals surface area contributed by atoms with E-state index in [1.165, 1.54) is 19.3 Å². The Morgan fingerprint density at radius 3 is 3.04 bits per heavy atom. The quantitative estimate of drug-likeness (QED) is 0.917. The molecule has 2 aliphatic heterocycles. The van der Waals surface area contributed by atoms with E-state index in [2.05, 4.69) is 22.2 Å². The van der Waals surface area contributed by atoms with Crippen LogP contribution in [0.1, 0.15) is 42.2 Å². The van der Waals surface area contributed by atoms with Gasteiger partial charge in [0.1, 0.15) is 12.4 Å². The summed E-state index contributed by atoms with van der Waals surface area (Å²) in [7, 11) is 1.88. The number of nitrogens with zero attached hydrogens (tertiary/aromatic N) is 3. The first-order valence-electron chi connectivity index (χ1n) is 9.45. The van der Waals surface area contributed by atoms with Crippen molar-refractivity contribution in [3.63, 3.8) is 0 Å². The molecule has 1 aromatic heterocycles. The molecule has 0 aliphatic carbocycles. The van der Waals surface area contributed by atoms with E-state index >= 15 is 0 Å². The molecule has 1 fully saturated rings. The lowest BCUT2D eigenvalue weighted by Gasteiger charge is -2.33. The van der Waals surface area contributed by atoms with Gasteiger partial charge in [-0.25, -0.2) is 0 Å². The van der Waals surface area contributed by atoms with Gasteiger partial charge in [0, 0.05) is 37.3 Å². The van der Waals surface area contributed by atoms with Crippen LogP contribution in [-0.4, -0.2) is 46.3 Å². The molecule has 2 aromatic rings. The van der Waals surface area contributed by atoms with Crippen molar-refractivity contribution in [2.45, 2.75) is 38.8 Å². The number of ether oxygens (including phenoxy) is 1. The normalized spacial score (nSPS) is 19.4. The molecule has 26 heavy (non-hydrogen) atoms. The maximum absolute atomic E-state index is 12.7. The van der Waals surface area contributed by atoms with Crippen LogP contribution in [0.25, 0.3) is 11.3 Å². The molecule has 4 rings (SSSR count). The van der Waals surface area contributed by atoms with Gasteiger partial charge < -0.3 is 10.1 Å². The molecule has 6 nitrogen and oxygen atoms in total. The zero-order chi connectivity index (χ0) is 18.1. The SMILES string of the molecule is C[C@@H]1CCCCN1CCNC(=O)c1nn(C)c2c1COc1ccccc1-2. The first-order chi connectivity index (χ1) is 12.6. The molecule has 1 atom stereocenters. The van der Waals surface area contributed by atoms with Crippen molar-refractivity contribution in [3.05, 3.63) is 35.5 Å². The summed E-state index contributed by atoms with van der Waals surface area (Å²) in [6, 6.07) is 8.49. The number of fused-ring (bicyclic) bond motifs is 3. The number of benzene rings is 1. The zero-order valence-electron chi connectivity index (χ0n) is 15.5. The summed E-state index contributed by atoms with van der Waals surface area (Å²) in [5.74, 6) is 0.725. The molecule has 1 N–H and O–H groups in total. The molecule has 1 aromatic carbocycles. The summed E-state index contributed by atoms with van der Waals surface area (Å²) in [6.45, 7) is 5.31. The van der Waals surface area contributed by atoms with Gasteiger partial charge in [-0.1, -0.05) is 18.6 Å². The van der Waals surface area contributed by atoms with Gasteiger partial charge in [0.15, 0.2) is 5.69 Å². The van der Waals surface area contributed by atoms with Gasteiger partial charge >= 0.3 is 0 Å². The second-order valence-corrected chi connectivity index (χ2v) is 7.22. The minimum atomic E-state index is -0.116. The van der Waals surface area contributed by atoms with Crippen molar-refractivity contribution < 1.29 is 9.53 Å². The first-order valence-corrected chi connectivity index (χ1v) is 9.45.